The van der Waals surface area contributed by atoms with E-state index in [1.54, 1.807) is 12.4 Å². The van der Waals surface area contributed by atoms with Crippen LogP contribution in [-0.4, -0.2) is 64.2 Å². The van der Waals surface area contributed by atoms with Crippen molar-refractivity contribution in [2.45, 2.75) is 31.2 Å². The van der Waals surface area contributed by atoms with Crippen LogP contribution < -0.4 is 0 Å². The number of nitrogens with zero attached hydrogens (tertiary/aromatic N) is 5. The molecule has 23 heavy (non-hydrogen) atoms. The maximum Gasteiger partial charge on any atom is 0.247 e. The first-order chi connectivity index (χ1) is 11.3. The molecule has 4 rings (SSSR count). The molecule has 2 aliphatic rings. The number of aromatic nitrogens is 3. The van der Waals surface area contributed by atoms with Gasteiger partial charge in [-0.15, -0.1) is 10.2 Å². The third-order valence-electron chi connectivity index (χ3n) is 5.14. The minimum absolute atomic E-state index is 0.373. The molecule has 0 radical (unpaired) electrons. The van der Waals surface area contributed by atoms with Crippen molar-refractivity contribution in [3.8, 4) is 11.5 Å². The lowest BCUT2D eigenvalue weighted by molar-refractivity contribution is 0.141. The molecular weight excluding hydrogens is 290 g/mol. The molecule has 1 atom stereocenters. The zero-order valence-corrected chi connectivity index (χ0v) is 13.6. The van der Waals surface area contributed by atoms with Gasteiger partial charge in [0.1, 0.15) is 0 Å². The third kappa shape index (κ3) is 3.14. The van der Waals surface area contributed by atoms with Crippen LogP contribution in [-0.2, 0) is 0 Å². The van der Waals surface area contributed by atoms with Gasteiger partial charge in [0.15, 0.2) is 0 Å². The van der Waals surface area contributed by atoms with E-state index in [1.165, 1.54) is 25.9 Å². The van der Waals surface area contributed by atoms with Crippen LogP contribution in [0.2, 0.25) is 0 Å². The van der Waals surface area contributed by atoms with Crippen molar-refractivity contribution >= 4 is 0 Å². The molecule has 0 amide bonds. The van der Waals surface area contributed by atoms with Crippen LogP contribution in [0.1, 0.15) is 31.1 Å². The minimum Gasteiger partial charge on any atom is -0.420 e. The van der Waals surface area contributed by atoms with E-state index in [0.717, 1.165) is 37.0 Å². The van der Waals surface area contributed by atoms with Gasteiger partial charge in [-0.05, 0) is 58.1 Å². The van der Waals surface area contributed by atoms with Crippen LogP contribution >= 0.6 is 0 Å². The molecule has 0 N–H and O–H groups in total. The van der Waals surface area contributed by atoms with E-state index in [2.05, 4.69) is 32.0 Å². The largest absolute Gasteiger partial charge is 0.420 e. The Bertz CT molecular complexity index is 635. The molecular formula is C17H23N5O. The lowest BCUT2D eigenvalue weighted by Gasteiger charge is -2.35. The predicted molar refractivity (Wildman–Crippen MR) is 87.0 cm³/mol. The summed E-state index contributed by atoms with van der Waals surface area (Å²) >= 11 is 0. The molecule has 2 aliphatic heterocycles. The van der Waals surface area contributed by atoms with Crippen molar-refractivity contribution in [1.82, 2.24) is 25.0 Å². The molecule has 2 aromatic rings. The molecule has 2 fully saturated rings. The maximum atomic E-state index is 5.92. The molecule has 122 valence electrons. The van der Waals surface area contributed by atoms with E-state index >= 15 is 0 Å². The minimum atomic E-state index is 0.373. The van der Waals surface area contributed by atoms with Gasteiger partial charge in [-0.3, -0.25) is 9.88 Å². The Balaban J connectivity index is 1.41. The van der Waals surface area contributed by atoms with E-state index in [0.29, 0.717) is 11.8 Å². The van der Waals surface area contributed by atoms with Crippen LogP contribution in [0, 0.1) is 0 Å². The monoisotopic (exact) mass is 313 g/mol. The van der Waals surface area contributed by atoms with Gasteiger partial charge < -0.3 is 9.32 Å². The Labute approximate surface area is 136 Å². The van der Waals surface area contributed by atoms with E-state index in [1.807, 2.05) is 12.1 Å². The predicted octanol–water partition coefficient (Wildman–Crippen LogP) is 2.02. The van der Waals surface area contributed by atoms with Crippen LogP contribution in [0.4, 0.5) is 0 Å². The molecule has 6 nitrogen and oxygen atoms in total. The molecule has 0 saturated carbocycles. The number of pyridine rings is 1. The number of rotatable bonds is 3. The fourth-order valence-electron chi connectivity index (χ4n) is 3.69. The van der Waals surface area contributed by atoms with Gasteiger partial charge in [-0.1, -0.05) is 0 Å². The quantitative estimate of drug-likeness (QED) is 0.864. The molecule has 0 aliphatic carbocycles. The zero-order chi connectivity index (χ0) is 15.6. The standard InChI is InChI=1S/C17H23N5O/c1-21-9-5-15(6-10-21)22-11-4-14(12-22)17-20-19-16(23-17)13-2-7-18-8-3-13/h2-3,7-8,14-15H,4-6,9-12H2,1H3. The molecule has 1 unspecified atom stereocenters. The van der Waals surface area contributed by atoms with Crippen molar-refractivity contribution in [3.63, 3.8) is 0 Å². The maximum absolute atomic E-state index is 5.92. The SMILES string of the molecule is CN1CCC(N2CCC(c3nnc(-c4ccncc4)o3)C2)CC1. The van der Waals surface area contributed by atoms with Crippen LogP contribution in [0.5, 0.6) is 0 Å². The second kappa shape index (κ2) is 6.37. The highest BCUT2D eigenvalue weighted by Gasteiger charge is 2.33. The van der Waals surface area contributed by atoms with Gasteiger partial charge in [0.05, 0.1) is 5.92 Å². The van der Waals surface area contributed by atoms with Gasteiger partial charge in [-0.25, -0.2) is 0 Å². The highest BCUT2D eigenvalue weighted by molar-refractivity contribution is 5.50. The average molecular weight is 313 g/mol. The molecule has 0 bridgehead atoms. The highest BCUT2D eigenvalue weighted by atomic mass is 16.4. The van der Waals surface area contributed by atoms with Gasteiger partial charge in [0.2, 0.25) is 11.8 Å². The van der Waals surface area contributed by atoms with Crippen LogP contribution in [0.15, 0.2) is 28.9 Å². The van der Waals surface area contributed by atoms with Crippen molar-refractivity contribution in [2.24, 2.45) is 0 Å². The molecule has 0 aromatic carbocycles. The first-order valence-electron chi connectivity index (χ1n) is 8.46. The first kappa shape index (κ1) is 14.8. The topological polar surface area (TPSA) is 58.3 Å². The van der Waals surface area contributed by atoms with Crippen molar-refractivity contribution in [2.75, 3.05) is 33.2 Å². The second-order valence-corrected chi connectivity index (χ2v) is 6.70. The summed E-state index contributed by atoms with van der Waals surface area (Å²) < 4.78 is 5.92. The first-order valence-corrected chi connectivity index (χ1v) is 8.46. The summed E-state index contributed by atoms with van der Waals surface area (Å²) in [6.07, 6.45) is 7.15. The third-order valence-corrected chi connectivity index (χ3v) is 5.14. The smallest absolute Gasteiger partial charge is 0.247 e. The molecule has 2 aromatic heterocycles. The molecule has 6 heteroatoms. The van der Waals surface area contributed by atoms with Crippen LogP contribution in [0.25, 0.3) is 11.5 Å². The summed E-state index contributed by atoms with van der Waals surface area (Å²) in [7, 11) is 2.21. The Kier molecular flexibility index (Phi) is 4.10. The van der Waals surface area contributed by atoms with Gasteiger partial charge in [-0.2, -0.15) is 0 Å². The average Bonchev–Trinajstić information content (AvgIpc) is 3.26. The molecule has 4 heterocycles. The summed E-state index contributed by atoms with van der Waals surface area (Å²) in [4.78, 5) is 9.06. The molecule has 0 spiro atoms. The zero-order valence-electron chi connectivity index (χ0n) is 13.6. The highest BCUT2D eigenvalue weighted by Crippen LogP contribution is 2.31. The van der Waals surface area contributed by atoms with Gasteiger partial charge in [0.25, 0.3) is 0 Å². The van der Waals surface area contributed by atoms with Gasteiger partial charge >= 0.3 is 0 Å². The van der Waals surface area contributed by atoms with E-state index < -0.39 is 0 Å². The number of piperidine rings is 1. The number of likely N-dealkylation sites (tertiary alicyclic amines) is 2. The molecule has 2 saturated heterocycles. The normalized spacial score (nSPS) is 24.3. The number of hydrogen-bond acceptors (Lipinski definition) is 6. The van der Waals surface area contributed by atoms with Crippen LogP contribution in [0.3, 0.4) is 0 Å². The fourth-order valence-corrected chi connectivity index (χ4v) is 3.69. The Morgan fingerprint density at radius 3 is 2.61 bits per heavy atom. The summed E-state index contributed by atoms with van der Waals surface area (Å²) in [5, 5.41) is 8.50. The van der Waals surface area contributed by atoms with Crippen molar-refractivity contribution < 1.29 is 4.42 Å². The lowest BCUT2D eigenvalue weighted by Crippen LogP contribution is -2.42. The Morgan fingerprint density at radius 2 is 1.83 bits per heavy atom. The Hall–Kier alpha value is -1.79. The van der Waals surface area contributed by atoms with Crippen molar-refractivity contribution in [1.29, 1.82) is 0 Å². The summed E-state index contributed by atoms with van der Waals surface area (Å²) in [5.74, 6) is 1.75. The van der Waals surface area contributed by atoms with E-state index in [4.69, 9.17) is 4.42 Å². The van der Waals surface area contributed by atoms with E-state index in [9.17, 15) is 0 Å². The second-order valence-electron chi connectivity index (χ2n) is 6.70. The van der Waals surface area contributed by atoms with Gasteiger partial charge in [0, 0.05) is 30.5 Å². The fraction of sp³-hybridized carbons (Fsp3) is 0.588. The lowest BCUT2D eigenvalue weighted by atomic mass is 10.0. The number of hydrogen-bond donors (Lipinski definition) is 0. The van der Waals surface area contributed by atoms with Crippen molar-refractivity contribution in [3.05, 3.63) is 30.4 Å². The Morgan fingerprint density at radius 1 is 1.04 bits per heavy atom. The summed E-state index contributed by atoms with van der Waals surface area (Å²) in [6.45, 7) is 4.61. The van der Waals surface area contributed by atoms with E-state index in [-0.39, 0.29) is 0 Å². The summed E-state index contributed by atoms with van der Waals surface area (Å²) in [5.41, 5.74) is 0.934. The summed E-state index contributed by atoms with van der Waals surface area (Å²) in [6, 6.07) is 4.52.